The number of aromatic nitrogens is 4. The van der Waals surface area contributed by atoms with Crippen LogP contribution < -0.4 is 5.32 Å². The average molecular weight is 353 g/mol. The molecule has 0 saturated carbocycles. The van der Waals surface area contributed by atoms with Gasteiger partial charge in [-0.15, -0.1) is 0 Å². The minimum atomic E-state index is -0.541. The number of aromatic amines is 1. The zero-order chi connectivity index (χ0) is 18.7. The summed E-state index contributed by atoms with van der Waals surface area (Å²) < 4.78 is 6.38. The Balaban J connectivity index is 1.80. The Morgan fingerprint density at radius 3 is 2.69 bits per heavy atom. The van der Waals surface area contributed by atoms with Gasteiger partial charge in [-0.05, 0) is 19.9 Å². The third-order valence-electron chi connectivity index (χ3n) is 3.84. The van der Waals surface area contributed by atoms with E-state index < -0.39 is 11.9 Å². The third-order valence-corrected chi connectivity index (χ3v) is 3.84. The second-order valence-corrected chi connectivity index (χ2v) is 5.74. The van der Waals surface area contributed by atoms with E-state index in [2.05, 4.69) is 20.6 Å². The number of esters is 1. The van der Waals surface area contributed by atoms with Crippen LogP contribution in [-0.4, -0.2) is 38.5 Å². The summed E-state index contributed by atoms with van der Waals surface area (Å²) in [4.78, 5) is 24.5. The summed E-state index contributed by atoms with van der Waals surface area (Å²) in [5.41, 5.74) is 3.17. The molecule has 0 saturated heterocycles. The van der Waals surface area contributed by atoms with Gasteiger partial charge in [0.2, 0.25) is 0 Å². The van der Waals surface area contributed by atoms with Gasteiger partial charge in [0, 0.05) is 12.6 Å². The Bertz CT molecular complexity index is 940. The summed E-state index contributed by atoms with van der Waals surface area (Å²) in [6.45, 7) is 3.95. The lowest BCUT2D eigenvalue weighted by molar-refractivity contribution is 0.0527. The van der Waals surface area contributed by atoms with Crippen LogP contribution in [0.15, 0.2) is 36.5 Å². The molecule has 0 aliphatic rings. The van der Waals surface area contributed by atoms with E-state index in [1.807, 2.05) is 31.2 Å². The normalized spacial score (nSPS) is 10.6. The van der Waals surface area contributed by atoms with Crippen molar-refractivity contribution in [1.82, 2.24) is 20.0 Å². The van der Waals surface area contributed by atoms with Crippen LogP contribution in [0.4, 0.5) is 5.82 Å². The van der Waals surface area contributed by atoms with E-state index in [9.17, 15) is 9.59 Å². The van der Waals surface area contributed by atoms with Crippen molar-refractivity contribution in [2.75, 3.05) is 11.9 Å². The van der Waals surface area contributed by atoms with Crippen molar-refractivity contribution >= 4 is 17.7 Å². The molecule has 0 spiro atoms. The number of nitrogens with zero attached hydrogens (tertiary/aromatic N) is 3. The molecule has 26 heavy (non-hydrogen) atoms. The van der Waals surface area contributed by atoms with E-state index in [0.717, 1.165) is 11.1 Å². The maximum atomic E-state index is 12.5. The molecule has 1 aromatic carbocycles. The number of benzene rings is 1. The molecule has 0 bridgehead atoms. The largest absolute Gasteiger partial charge is 0.462 e. The van der Waals surface area contributed by atoms with Gasteiger partial charge in [-0.1, -0.05) is 29.8 Å². The quantitative estimate of drug-likeness (QED) is 0.686. The van der Waals surface area contributed by atoms with Crippen molar-refractivity contribution in [3.63, 3.8) is 0 Å². The second-order valence-electron chi connectivity index (χ2n) is 5.74. The van der Waals surface area contributed by atoms with Crippen LogP contribution in [0.25, 0.3) is 11.3 Å². The monoisotopic (exact) mass is 353 g/mol. The number of carbonyl (C=O) groups is 2. The molecule has 1 amide bonds. The Morgan fingerprint density at radius 2 is 2.00 bits per heavy atom. The van der Waals surface area contributed by atoms with Gasteiger partial charge in [0.1, 0.15) is 17.1 Å². The Hall–Kier alpha value is -3.42. The van der Waals surface area contributed by atoms with E-state index in [1.165, 1.54) is 10.9 Å². The summed E-state index contributed by atoms with van der Waals surface area (Å²) in [5.74, 6) is -0.703. The predicted molar refractivity (Wildman–Crippen MR) is 95.9 cm³/mol. The summed E-state index contributed by atoms with van der Waals surface area (Å²) in [6, 6.07) is 9.48. The number of H-pyrrole nitrogens is 1. The predicted octanol–water partition coefficient (Wildman–Crippen LogP) is 2.55. The lowest BCUT2D eigenvalue weighted by Crippen LogP contribution is -2.18. The van der Waals surface area contributed by atoms with Crippen LogP contribution >= 0.6 is 0 Å². The number of aryl methyl sites for hydroxylation is 2. The van der Waals surface area contributed by atoms with Gasteiger partial charge in [0.05, 0.1) is 18.5 Å². The van der Waals surface area contributed by atoms with Crippen LogP contribution in [0.3, 0.4) is 0 Å². The van der Waals surface area contributed by atoms with E-state index in [-0.39, 0.29) is 23.7 Å². The summed E-state index contributed by atoms with van der Waals surface area (Å²) >= 11 is 0. The highest BCUT2D eigenvalue weighted by Crippen LogP contribution is 2.20. The van der Waals surface area contributed by atoms with Gasteiger partial charge in [-0.2, -0.15) is 10.2 Å². The first-order valence-electron chi connectivity index (χ1n) is 8.12. The first kappa shape index (κ1) is 17.4. The molecule has 0 radical (unpaired) electrons. The Morgan fingerprint density at radius 1 is 1.27 bits per heavy atom. The van der Waals surface area contributed by atoms with E-state index in [1.54, 1.807) is 20.0 Å². The zero-order valence-corrected chi connectivity index (χ0v) is 14.7. The first-order chi connectivity index (χ1) is 12.5. The van der Waals surface area contributed by atoms with E-state index >= 15 is 0 Å². The second kappa shape index (κ2) is 7.22. The highest BCUT2D eigenvalue weighted by Gasteiger charge is 2.20. The van der Waals surface area contributed by atoms with Gasteiger partial charge < -0.3 is 10.1 Å². The van der Waals surface area contributed by atoms with Crippen LogP contribution in [0, 0.1) is 6.92 Å². The summed E-state index contributed by atoms with van der Waals surface area (Å²) in [5, 5.41) is 13.6. The molecule has 2 heterocycles. The lowest BCUT2D eigenvalue weighted by atomic mass is 10.1. The maximum absolute atomic E-state index is 12.5. The zero-order valence-electron chi connectivity index (χ0n) is 14.7. The molecule has 2 aromatic heterocycles. The molecular formula is C18H19N5O3. The Kier molecular flexibility index (Phi) is 4.83. The van der Waals surface area contributed by atoms with Crippen molar-refractivity contribution in [1.29, 1.82) is 0 Å². The van der Waals surface area contributed by atoms with Crippen LogP contribution in [0.2, 0.25) is 0 Å². The molecule has 134 valence electrons. The standard InChI is InChI=1S/C18H19N5O3/c1-4-26-18(25)13-10-19-23(3)16(13)20-17(24)15-9-14(21-22-15)12-7-5-11(2)6-8-12/h5-10H,4H2,1-3H3,(H,20,24)(H,21,22). The van der Waals surface area contributed by atoms with Crippen molar-refractivity contribution < 1.29 is 14.3 Å². The van der Waals surface area contributed by atoms with E-state index in [0.29, 0.717) is 5.69 Å². The molecule has 3 rings (SSSR count). The number of ether oxygens (including phenoxy) is 1. The van der Waals surface area contributed by atoms with Crippen molar-refractivity contribution in [2.45, 2.75) is 13.8 Å². The van der Waals surface area contributed by atoms with Crippen LogP contribution in [0.1, 0.15) is 33.3 Å². The number of anilines is 1. The molecule has 0 aliphatic heterocycles. The number of hydrogen-bond donors (Lipinski definition) is 2. The molecule has 0 aliphatic carbocycles. The minimum Gasteiger partial charge on any atom is -0.462 e. The highest BCUT2D eigenvalue weighted by atomic mass is 16.5. The SMILES string of the molecule is CCOC(=O)c1cnn(C)c1NC(=O)c1cc(-c2ccc(C)cc2)n[nH]1. The Labute approximate surface area is 150 Å². The van der Waals surface area contributed by atoms with Crippen LogP contribution in [-0.2, 0) is 11.8 Å². The van der Waals surface area contributed by atoms with Gasteiger partial charge >= 0.3 is 5.97 Å². The first-order valence-corrected chi connectivity index (χ1v) is 8.12. The number of nitrogens with one attached hydrogen (secondary N) is 2. The lowest BCUT2D eigenvalue weighted by Gasteiger charge is -2.07. The molecule has 3 aromatic rings. The fourth-order valence-corrected chi connectivity index (χ4v) is 2.43. The van der Waals surface area contributed by atoms with Crippen molar-refractivity contribution in [2.24, 2.45) is 7.05 Å². The van der Waals surface area contributed by atoms with Gasteiger partial charge in [-0.3, -0.25) is 14.6 Å². The molecule has 0 unspecified atom stereocenters. The number of rotatable bonds is 5. The molecule has 8 nitrogen and oxygen atoms in total. The maximum Gasteiger partial charge on any atom is 0.343 e. The van der Waals surface area contributed by atoms with Crippen molar-refractivity contribution in [3.8, 4) is 11.3 Å². The number of amides is 1. The molecule has 0 atom stereocenters. The molecular weight excluding hydrogens is 334 g/mol. The topological polar surface area (TPSA) is 102 Å². The third kappa shape index (κ3) is 3.49. The molecule has 0 fully saturated rings. The minimum absolute atomic E-state index is 0.195. The van der Waals surface area contributed by atoms with Crippen LogP contribution in [0.5, 0.6) is 0 Å². The van der Waals surface area contributed by atoms with E-state index in [4.69, 9.17) is 4.74 Å². The van der Waals surface area contributed by atoms with Crippen molar-refractivity contribution in [3.05, 3.63) is 53.3 Å². The smallest absolute Gasteiger partial charge is 0.343 e. The van der Waals surface area contributed by atoms with Gasteiger partial charge in [-0.25, -0.2) is 4.79 Å². The fraction of sp³-hybridized carbons (Fsp3) is 0.222. The number of carbonyl (C=O) groups excluding carboxylic acids is 2. The fourth-order valence-electron chi connectivity index (χ4n) is 2.43. The number of hydrogen-bond acceptors (Lipinski definition) is 5. The highest BCUT2D eigenvalue weighted by molar-refractivity contribution is 6.06. The average Bonchev–Trinajstić information content (AvgIpc) is 3.24. The summed E-state index contributed by atoms with van der Waals surface area (Å²) in [6.07, 6.45) is 1.36. The molecule has 8 heteroatoms. The van der Waals surface area contributed by atoms with Gasteiger partial charge in [0.15, 0.2) is 0 Å². The van der Waals surface area contributed by atoms with Gasteiger partial charge in [0.25, 0.3) is 5.91 Å². The summed E-state index contributed by atoms with van der Waals surface area (Å²) in [7, 11) is 1.63. The molecule has 2 N–H and O–H groups in total.